The van der Waals surface area contributed by atoms with Crippen LogP contribution in [0.25, 0.3) is 5.57 Å². The van der Waals surface area contributed by atoms with E-state index in [0.717, 1.165) is 68.4 Å². The van der Waals surface area contributed by atoms with E-state index < -0.39 is 42.0 Å². The average molecular weight is 636 g/mol. The summed E-state index contributed by atoms with van der Waals surface area (Å²) in [6.07, 6.45) is 4.45. The van der Waals surface area contributed by atoms with E-state index in [4.69, 9.17) is 19.3 Å². The molecule has 0 aromatic heterocycles. The van der Waals surface area contributed by atoms with Crippen molar-refractivity contribution >= 4 is 35.1 Å². The van der Waals surface area contributed by atoms with Crippen LogP contribution in [0.3, 0.4) is 0 Å². The van der Waals surface area contributed by atoms with E-state index in [2.05, 4.69) is 0 Å². The summed E-state index contributed by atoms with van der Waals surface area (Å²) in [4.78, 5) is 66.9. The first-order valence-corrected chi connectivity index (χ1v) is 15.9. The van der Waals surface area contributed by atoms with Crippen molar-refractivity contribution in [2.24, 2.45) is 0 Å². The number of allylic oxidation sites excluding steroid dienone is 1. The molecule has 1 aliphatic rings. The summed E-state index contributed by atoms with van der Waals surface area (Å²) in [7, 11) is 1.17. The van der Waals surface area contributed by atoms with Gasteiger partial charge in [-0.25, -0.2) is 9.69 Å². The number of carbonyl (C=O) groups is 5. The number of Topliss-reactive ketones (excluding diaryl/α,β-unsaturated/α-hetero) is 1. The topological polar surface area (TPSA) is 137 Å². The zero-order valence-electron chi connectivity index (χ0n) is 26.9. The van der Waals surface area contributed by atoms with Crippen LogP contribution < -0.4 is 0 Å². The van der Waals surface area contributed by atoms with Gasteiger partial charge in [0, 0.05) is 32.6 Å². The van der Waals surface area contributed by atoms with Crippen LogP contribution in [-0.2, 0) is 33.4 Å². The second kappa shape index (κ2) is 18.7. The van der Waals surface area contributed by atoms with Gasteiger partial charge in [-0.05, 0) is 37.0 Å². The van der Waals surface area contributed by atoms with Crippen LogP contribution in [-0.4, -0.2) is 72.1 Å². The lowest BCUT2D eigenvalue weighted by atomic mass is 9.93. The first kappa shape index (κ1) is 36.3. The zero-order valence-corrected chi connectivity index (χ0v) is 26.9. The predicted octanol–water partition coefficient (Wildman–Crippen LogP) is 5.69. The van der Waals surface area contributed by atoms with Crippen molar-refractivity contribution in [3.8, 4) is 0 Å². The maximum absolute atomic E-state index is 13.8. The van der Waals surface area contributed by atoms with Gasteiger partial charge in [0.25, 0.3) is 5.91 Å². The number of benzene rings is 2. The molecular weight excluding hydrogens is 590 g/mol. The van der Waals surface area contributed by atoms with Crippen molar-refractivity contribution in [3.05, 3.63) is 77.4 Å². The number of carbonyl (C=O) groups excluding carboxylic acids is 5. The molecule has 1 heterocycles. The molecule has 2 aromatic rings. The highest BCUT2D eigenvalue weighted by atomic mass is 16.6. The van der Waals surface area contributed by atoms with Crippen molar-refractivity contribution in [3.63, 3.8) is 0 Å². The number of amides is 2. The van der Waals surface area contributed by atoms with Crippen LogP contribution >= 0.6 is 0 Å². The van der Waals surface area contributed by atoms with E-state index in [9.17, 15) is 24.0 Å². The summed E-state index contributed by atoms with van der Waals surface area (Å²) in [5.41, 5.74) is 2.18. The molecule has 1 aliphatic heterocycles. The first-order valence-electron chi connectivity index (χ1n) is 15.9. The summed E-state index contributed by atoms with van der Waals surface area (Å²) >= 11 is 0. The monoisotopic (exact) mass is 635 g/mol. The molecule has 10 nitrogen and oxygen atoms in total. The molecule has 2 aromatic carbocycles. The minimum absolute atomic E-state index is 0.0905. The molecule has 3 atom stereocenters. The highest BCUT2D eigenvalue weighted by molar-refractivity contribution is 6.25. The van der Waals surface area contributed by atoms with E-state index in [1.54, 1.807) is 48.5 Å². The quantitative estimate of drug-likeness (QED) is 0.117. The SMILES string of the molecule is CO[C@H](C(=O)N1C(=O)OC[C@@H]1c1ccccc1)[C@H](OC(C)=O)C(=O)C=C(C(=O)CCCCCCCCCCO)c1cccc(C)c1. The molecule has 0 saturated carbocycles. The lowest BCUT2D eigenvalue weighted by Crippen LogP contribution is -2.51. The molecule has 0 spiro atoms. The molecule has 1 N–H and O–H groups in total. The normalized spacial score (nSPS) is 16.1. The Bertz CT molecular complexity index is 1370. The molecule has 3 rings (SSSR count). The van der Waals surface area contributed by atoms with Gasteiger partial charge in [0.2, 0.25) is 0 Å². The summed E-state index contributed by atoms with van der Waals surface area (Å²) in [5, 5.41) is 8.90. The van der Waals surface area contributed by atoms with Gasteiger partial charge in [-0.3, -0.25) is 19.2 Å². The molecule has 10 heteroatoms. The largest absolute Gasteiger partial charge is 0.451 e. The highest BCUT2D eigenvalue weighted by Crippen LogP contribution is 2.30. The number of aliphatic hydroxyl groups excluding tert-OH is 1. The number of methoxy groups -OCH3 is 1. The van der Waals surface area contributed by atoms with E-state index in [1.165, 1.54) is 7.11 Å². The molecule has 248 valence electrons. The molecule has 0 aliphatic carbocycles. The predicted molar refractivity (Wildman–Crippen MR) is 172 cm³/mol. The van der Waals surface area contributed by atoms with E-state index in [0.29, 0.717) is 17.5 Å². The summed E-state index contributed by atoms with van der Waals surface area (Å²) in [6.45, 7) is 3.09. The number of ether oxygens (including phenoxy) is 3. The number of imide groups is 1. The molecule has 0 bridgehead atoms. The maximum Gasteiger partial charge on any atom is 0.417 e. The minimum Gasteiger partial charge on any atom is -0.451 e. The van der Waals surface area contributed by atoms with Crippen LogP contribution in [0.5, 0.6) is 0 Å². The third-order valence-electron chi connectivity index (χ3n) is 7.87. The van der Waals surface area contributed by atoms with E-state index >= 15 is 0 Å². The number of cyclic esters (lactones) is 1. The van der Waals surface area contributed by atoms with Crippen LogP contribution in [0, 0.1) is 6.92 Å². The van der Waals surface area contributed by atoms with Gasteiger partial charge in [-0.1, -0.05) is 98.7 Å². The zero-order chi connectivity index (χ0) is 33.5. The highest BCUT2D eigenvalue weighted by Gasteiger charge is 2.46. The molecule has 2 amide bonds. The third-order valence-corrected chi connectivity index (χ3v) is 7.87. The Hall–Kier alpha value is -4.15. The lowest BCUT2D eigenvalue weighted by molar-refractivity contribution is -0.166. The molecule has 46 heavy (non-hydrogen) atoms. The Morgan fingerprint density at radius 3 is 2.20 bits per heavy atom. The van der Waals surface area contributed by atoms with Gasteiger partial charge in [0.1, 0.15) is 12.6 Å². The molecule has 1 fully saturated rings. The molecule has 0 unspecified atom stereocenters. The average Bonchev–Trinajstić information content (AvgIpc) is 3.43. The first-order chi connectivity index (χ1) is 22.2. The second-order valence-electron chi connectivity index (χ2n) is 11.5. The summed E-state index contributed by atoms with van der Waals surface area (Å²) in [6, 6.07) is 15.2. The fraction of sp³-hybridized carbons (Fsp3) is 0.472. The fourth-order valence-electron chi connectivity index (χ4n) is 5.48. The number of nitrogens with zero attached hydrogens (tertiary/aromatic N) is 1. The van der Waals surface area contributed by atoms with Crippen molar-refractivity contribution in [2.45, 2.75) is 89.9 Å². The number of ketones is 2. The van der Waals surface area contributed by atoms with Gasteiger partial charge in [-0.2, -0.15) is 0 Å². The Morgan fingerprint density at radius 1 is 0.935 bits per heavy atom. The fourth-order valence-corrected chi connectivity index (χ4v) is 5.48. The van der Waals surface area contributed by atoms with Crippen LogP contribution in [0.2, 0.25) is 0 Å². The molecule has 0 radical (unpaired) electrons. The smallest absolute Gasteiger partial charge is 0.417 e. The number of esters is 1. The van der Waals surface area contributed by atoms with Crippen molar-refractivity contribution < 1.29 is 43.3 Å². The van der Waals surface area contributed by atoms with Gasteiger partial charge in [0.15, 0.2) is 23.8 Å². The number of aliphatic hydroxyl groups is 1. The van der Waals surface area contributed by atoms with Gasteiger partial charge in [0.05, 0.1) is 0 Å². The van der Waals surface area contributed by atoms with Crippen molar-refractivity contribution in [1.29, 1.82) is 0 Å². The summed E-state index contributed by atoms with van der Waals surface area (Å²) in [5.74, 6) is -2.83. The number of aryl methyl sites for hydroxylation is 1. The molecule has 1 saturated heterocycles. The minimum atomic E-state index is -1.77. The van der Waals surface area contributed by atoms with E-state index in [-0.39, 0.29) is 31.0 Å². The van der Waals surface area contributed by atoms with Crippen LogP contribution in [0.15, 0.2) is 60.7 Å². The number of unbranched alkanes of at least 4 members (excludes halogenated alkanes) is 7. The van der Waals surface area contributed by atoms with Gasteiger partial charge >= 0.3 is 12.1 Å². The number of hydrogen-bond donors (Lipinski definition) is 1. The number of hydrogen-bond acceptors (Lipinski definition) is 9. The van der Waals surface area contributed by atoms with Crippen LogP contribution in [0.1, 0.15) is 87.4 Å². The van der Waals surface area contributed by atoms with Crippen LogP contribution in [0.4, 0.5) is 4.79 Å². The Balaban J connectivity index is 1.83. The van der Waals surface area contributed by atoms with E-state index in [1.807, 2.05) is 13.0 Å². The summed E-state index contributed by atoms with van der Waals surface area (Å²) < 4.78 is 15.9. The lowest BCUT2D eigenvalue weighted by Gasteiger charge is -2.28. The third kappa shape index (κ3) is 10.5. The standard InChI is InChI=1S/C36H45NO9/c1-25-16-15-19-28(22-25)29(31(40)20-13-8-6-4-5-7-9-14-21-38)23-32(41)33(46-26(2)39)34(44-3)35(42)37-30(24-45-36(37)43)27-17-11-10-12-18-27/h10-12,15-19,22-23,30,33-34,38H,4-9,13-14,20-21,24H2,1-3H3/t30-,33-,34+/m1/s1. The van der Waals surface area contributed by atoms with Gasteiger partial charge < -0.3 is 19.3 Å². The van der Waals surface area contributed by atoms with Gasteiger partial charge in [-0.15, -0.1) is 0 Å². The Labute approximate surface area is 270 Å². The van der Waals surface area contributed by atoms with Crippen molar-refractivity contribution in [1.82, 2.24) is 4.90 Å². The maximum atomic E-state index is 13.8. The second-order valence-corrected chi connectivity index (χ2v) is 11.5. The van der Waals surface area contributed by atoms with Crippen molar-refractivity contribution in [2.75, 3.05) is 20.3 Å². The Morgan fingerprint density at radius 2 is 1.59 bits per heavy atom. The Kier molecular flexibility index (Phi) is 14.8. The number of rotatable bonds is 19. The molecular formula is C36H45NO9.